The first-order chi connectivity index (χ1) is 7.43. The highest BCUT2D eigenvalue weighted by Crippen LogP contribution is 2.16. The van der Waals surface area contributed by atoms with E-state index in [9.17, 15) is 4.79 Å². The minimum absolute atomic E-state index is 0.454. The number of nitrogen functional groups attached to an aromatic ring is 1. The van der Waals surface area contributed by atoms with Crippen LogP contribution in [-0.4, -0.2) is 11.7 Å². The molecule has 1 amide bonds. The van der Waals surface area contributed by atoms with Gasteiger partial charge in [0.2, 0.25) is 0 Å². The molecule has 1 aromatic rings. The van der Waals surface area contributed by atoms with Crippen LogP contribution in [0.3, 0.4) is 0 Å². The summed E-state index contributed by atoms with van der Waals surface area (Å²) in [6, 6.07) is 6.97. The predicted octanol–water partition coefficient (Wildman–Crippen LogP) is 3.01. The molecule has 0 aromatic heterocycles. The van der Waals surface area contributed by atoms with Crippen molar-refractivity contribution in [3.63, 3.8) is 0 Å². The zero-order valence-electron chi connectivity index (χ0n) is 9.91. The van der Waals surface area contributed by atoms with E-state index in [2.05, 4.69) is 5.32 Å². The third-order valence-corrected chi connectivity index (χ3v) is 2.35. The number of rotatable bonds is 3. The average Bonchev–Trinajstić information content (AvgIpc) is 2.16. The fourth-order valence-corrected chi connectivity index (χ4v) is 1.08. The summed E-state index contributed by atoms with van der Waals surface area (Å²) in [5.41, 5.74) is 6.38. The monoisotopic (exact) mass is 222 g/mol. The molecule has 0 radical (unpaired) electrons. The standard InChI is InChI=1S/C12H18N2O2/c1-4-12(2,3)16-11(15)14-10-7-5-6-9(13)8-10/h5-8H,4,13H2,1-3H3,(H,14,15). The minimum atomic E-state index is -0.461. The van der Waals surface area contributed by atoms with E-state index in [0.717, 1.165) is 6.42 Å². The highest BCUT2D eigenvalue weighted by Gasteiger charge is 2.20. The maximum atomic E-state index is 11.5. The summed E-state index contributed by atoms with van der Waals surface area (Å²) in [5.74, 6) is 0. The van der Waals surface area contributed by atoms with Gasteiger partial charge >= 0.3 is 6.09 Å². The molecule has 0 fully saturated rings. The lowest BCUT2D eigenvalue weighted by Gasteiger charge is -2.23. The summed E-state index contributed by atoms with van der Waals surface area (Å²) < 4.78 is 5.24. The Morgan fingerprint density at radius 3 is 2.75 bits per heavy atom. The van der Waals surface area contributed by atoms with Gasteiger partial charge in [-0.3, -0.25) is 5.32 Å². The van der Waals surface area contributed by atoms with Gasteiger partial charge in [0.05, 0.1) is 0 Å². The molecule has 0 heterocycles. The zero-order chi connectivity index (χ0) is 12.2. The highest BCUT2D eigenvalue weighted by molar-refractivity contribution is 5.85. The molecule has 0 spiro atoms. The van der Waals surface area contributed by atoms with Crippen molar-refractivity contribution < 1.29 is 9.53 Å². The number of amides is 1. The Morgan fingerprint density at radius 2 is 2.19 bits per heavy atom. The minimum Gasteiger partial charge on any atom is -0.443 e. The summed E-state index contributed by atoms with van der Waals surface area (Å²) in [6.45, 7) is 5.70. The van der Waals surface area contributed by atoms with E-state index >= 15 is 0 Å². The van der Waals surface area contributed by atoms with Crippen molar-refractivity contribution in [2.24, 2.45) is 0 Å². The fourth-order valence-electron chi connectivity index (χ4n) is 1.08. The lowest BCUT2D eigenvalue weighted by atomic mass is 10.1. The van der Waals surface area contributed by atoms with Gasteiger partial charge in [-0.25, -0.2) is 4.79 Å². The molecule has 88 valence electrons. The van der Waals surface area contributed by atoms with E-state index in [1.165, 1.54) is 0 Å². The van der Waals surface area contributed by atoms with E-state index in [4.69, 9.17) is 10.5 Å². The third-order valence-electron chi connectivity index (χ3n) is 2.35. The van der Waals surface area contributed by atoms with Crippen LogP contribution in [0.25, 0.3) is 0 Å². The molecule has 4 heteroatoms. The van der Waals surface area contributed by atoms with E-state index in [0.29, 0.717) is 11.4 Å². The van der Waals surface area contributed by atoms with Crippen LogP contribution in [0, 0.1) is 0 Å². The number of anilines is 2. The first-order valence-corrected chi connectivity index (χ1v) is 5.28. The van der Waals surface area contributed by atoms with Crippen LogP contribution in [0.2, 0.25) is 0 Å². The summed E-state index contributed by atoms with van der Waals surface area (Å²) >= 11 is 0. The Hall–Kier alpha value is -1.71. The van der Waals surface area contributed by atoms with Gasteiger partial charge in [0, 0.05) is 11.4 Å². The quantitative estimate of drug-likeness (QED) is 0.773. The summed E-state index contributed by atoms with van der Waals surface area (Å²) in [7, 11) is 0. The summed E-state index contributed by atoms with van der Waals surface area (Å²) in [5, 5.41) is 2.63. The number of ether oxygens (including phenoxy) is 1. The molecular formula is C12H18N2O2. The van der Waals surface area contributed by atoms with Crippen LogP contribution < -0.4 is 11.1 Å². The van der Waals surface area contributed by atoms with Crippen LogP contribution >= 0.6 is 0 Å². The van der Waals surface area contributed by atoms with E-state index < -0.39 is 11.7 Å². The second-order valence-corrected chi connectivity index (χ2v) is 4.25. The van der Waals surface area contributed by atoms with Crippen LogP contribution in [0.15, 0.2) is 24.3 Å². The maximum absolute atomic E-state index is 11.5. The Balaban J connectivity index is 2.59. The van der Waals surface area contributed by atoms with Gasteiger partial charge in [0.1, 0.15) is 5.60 Å². The number of nitrogens with one attached hydrogen (secondary N) is 1. The van der Waals surface area contributed by atoms with Crippen LogP contribution in [-0.2, 0) is 4.74 Å². The van der Waals surface area contributed by atoms with Gasteiger partial charge in [-0.05, 0) is 38.5 Å². The number of benzene rings is 1. The number of hydrogen-bond donors (Lipinski definition) is 2. The average molecular weight is 222 g/mol. The summed E-state index contributed by atoms with van der Waals surface area (Å²) in [4.78, 5) is 11.5. The number of carbonyl (C=O) groups excluding carboxylic acids is 1. The lowest BCUT2D eigenvalue weighted by molar-refractivity contribution is 0.0462. The molecule has 1 aromatic carbocycles. The molecular weight excluding hydrogens is 204 g/mol. The lowest BCUT2D eigenvalue weighted by Crippen LogP contribution is -2.29. The van der Waals surface area contributed by atoms with E-state index in [1.54, 1.807) is 24.3 Å². The molecule has 0 saturated carbocycles. The molecule has 4 nitrogen and oxygen atoms in total. The number of carbonyl (C=O) groups is 1. The molecule has 0 atom stereocenters. The van der Waals surface area contributed by atoms with Gasteiger partial charge in [0.25, 0.3) is 0 Å². The number of hydrogen-bond acceptors (Lipinski definition) is 3. The van der Waals surface area contributed by atoms with Crippen LogP contribution in [0.5, 0.6) is 0 Å². The maximum Gasteiger partial charge on any atom is 0.412 e. The zero-order valence-corrected chi connectivity index (χ0v) is 9.91. The molecule has 0 unspecified atom stereocenters. The van der Waals surface area contributed by atoms with Gasteiger partial charge in [0.15, 0.2) is 0 Å². The Kier molecular flexibility index (Phi) is 3.77. The first kappa shape index (κ1) is 12.4. The first-order valence-electron chi connectivity index (χ1n) is 5.28. The normalized spacial score (nSPS) is 10.9. The van der Waals surface area contributed by atoms with Crippen LogP contribution in [0.4, 0.5) is 16.2 Å². The van der Waals surface area contributed by atoms with Crippen molar-refractivity contribution in [1.82, 2.24) is 0 Å². The fraction of sp³-hybridized carbons (Fsp3) is 0.417. The molecule has 0 aliphatic carbocycles. The topological polar surface area (TPSA) is 64.3 Å². The molecule has 0 aliphatic heterocycles. The van der Waals surface area contributed by atoms with Crippen molar-refractivity contribution in [1.29, 1.82) is 0 Å². The van der Waals surface area contributed by atoms with E-state index in [-0.39, 0.29) is 0 Å². The smallest absolute Gasteiger partial charge is 0.412 e. The third kappa shape index (κ3) is 3.81. The largest absolute Gasteiger partial charge is 0.443 e. The Morgan fingerprint density at radius 1 is 1.50 bits per heavy atom. The summed E-state index contributed by atoms with van der Waals surface area (Å²) in [6.07, 6.45) is 0.301. The van der Waals surface area contributed by atoms with Gasteiger partial charge < -0.3 is 10.5 Å². The molecule has 1 rings (SSSR count). The molecule has 0 bridgehead atoms. The van der Waals surface area contributed by atoms with Crippen molar-refractivity contribution in [3.05, 3.63) is 24.3 Å². The predicted molar refractivity (Wildman–Crippen MR) is 65.3 cm³/mol. The van der Waals surface area contributed by atoms with E-state index in [1.807, 2.05) is 20.8 Å². The highest BCUT2D eigenvalue weighted by atomic mass is 16.6. The van der Waals surface area contributed by atoms with Crippen molar-refractivity contribution in [3.8, 4) is 0 Å². The van der Waals surface area contributed by atoms with Crippen molar-refractivity contribution >= 4 is 17.5 Å². The second kappa shape index (κ2) is 4.88. The van der Waals surface area contributed by atoms with Crippen LogP contribution in [0.1, 0.15) is 27.2 Å². The Bertz CT molecular complexity index is 375. The molecule has 0 saturated heterocycles. The second-order valence-electron chi connectivity index (χ2n) is 4.25. The molecule has 3 N–H and O–H groups in total. The Labute approximate surface area is 95.8 Å². The van der Waals surface area contributed by atoms with Gasteiger partial charge in [-0.2, -0.15) is 0 Å². The van der Waals surface area contributed by atoms with Gasteiger partial charge in [-0.1, -0.05) is 13.0 Å². The van der Waals surface area contributed by atoms with Crippen molar-refractivity contribution in [2.75, 3.05) is 11.1 Å². The molecule has 16 heavy (non-hydrogen) atoms. The van der Waals surface area contributed by atoms with Gasteiger partial charge in [-0.15, -0.1) is 0 Å². The molecule has 0 aliphatic rings. The number of nitrogens with two attached hydrogens (primary N) is 1. The van der Waals surface area contributed by atoms with Crippen molar-refractivity contribution in [2.45, 2.75) is 32.8 Å². The SMILES string of the molecule is CCC(C)(C)OC(=O)Nc1cccc(N)c1.